The lowest BCUT2D eigenvalue weighted by atomic mass is 9.66. The zero-order valence-corrected chi connectivity index (χ0v) is 29.3. The van der Waals surface area contributed by atoms with E-state index in [1.807, 2.05) is 0 Å². The van der Waals surface area contributed by atoms with Crippen molar-refractivity contribution in [1.29, 1.82) is 0 Å². The average Bonchev–Trinajstić information content (AvgIpc) is 3.54. The molecular weight excluding hydrogens is 627 g/mol. The van der Waals surface area contributed by atoms with E-state index in [0.717, 1.165) is 0 Å². The van der Waals surface area contributed by atoms with Gasteiger partial charge in [0.2, 0.25) is 0 Å². The van der Waals surface area contributed by atoms with E-state index in [9.17, 15) is 0 Å². The van der Waals surface area contributed by atoms with Gasteiger partial charge >= 0.3 is 0 Å². The van der Waals surface area contributed by atoms with Crippen molar-refractivity contribution in [2.75, 3.05) is 0 Å². The summed E-state index contributed by atoms with van der Waals surface area (Å²) >= 11 is 0. The summed E-state index contributed by atoms with van der Waals surface area (Å²) in [6.45, 7) is 4.48. The molecule has 1 heteroatoms. The fraction of sp³-hybridized carbons (Fsp3) is 0.0588. The standard InChI is InChI=1S/C51H37N/c1-3-15-37-32-35(28-30-46(37)51(2)38-18-5-4-6-19-39(51)21-14-20-38)36-29-31-48-45(33-36)49-43-25-11-9-23-41(43)42-24-10-12-26-44(42)50(49)52(48)47-27-13-17-34-16-7-8-22-40(34)47/h3-33H,1-2H3/b5-4?,6-4?,15-3-,18-5?,19-6?,38-18?,39-19?. The average molecular weight is 664 g/mol. The van der Waals surface area contributed by atoms with Crippen molar-refractivity contribution < 1.29 is 0 Å². The Kier molecular flexibility index (Phi) is 6.91. The Hall–Kier alpha value is -6.44. The Morgan fingerprint density at radius 2 is 1.19 bits per heavy atom. The van der Waals surface area contributed by atoms with Crippen LogP contribution in [0.4, 0.5) is 0 Å². The lowest BCUT2D eigenvalue weighted by molar-refractivity contribution is 0.682. The van der Waals surface area contributed by atoms with E-state index < -0.39 is 0 Å². The van der Waals surface area contributed by atoms with Gasteiger partial charge in [0, 0.05) is 27.0 Å². The zero-order chi connectivity index (χ0) is 34.8. The molecule has 7 aromatic carbocycles. The second kappa shape index (κ2) is 11.8. The van der Waals surface area contributed by atoms with E-state index in [-0.39, 0.29) is 5.41 Å². The molecule has 1 atom stereocenters. The molecule has 1 unspecified atom stereocenters. The number of hydrogen-bond donors (Lipinski definition) is 0. The van der Waals surface area contributed by atoms with Crippen molar-refractivity contribution in [1.82, 2.24) is 4.57 Å². The summed E-state index contributed by atoms with van der Waals surface area (Å²) < 4.78 is 2.52. The highest BCUT2D eigenvalue weighted by Crippen LogP contribution is 2.47. The molecule has 10 rings (SSSR count). The maximum Gasteiger partial charge on any atom is 0.0626 e. The highest BCUT2D eigenvalue weighted by atomic mass is 15.0. The Morgan fingerprint density at radius 1 is 0.538 bits per heavy atom. The van der Waals surface area contributed by atoms with Crippen molar-refractivity contribution in [3.63, 3.8) is 0 Å². The largest absolute Gasteiger partial charge is 0.308 e. The first-order chi connectivity index (χ1) is 25.6. The molecule has 1 aromatic heterocycles. The Morgan fingerprint density at radius 3 is 2.02 bits per heavy atom. The minimum absolute atomic E-state index is 0.265. The van der Waals surface area contributed by atoms with Gasteiger partial charge in [-0.15, -0.1) is 0 Å². The van der Waals surface area contributed by atoms with Crippen LogP contribution in [0.15, 0.2) is 193 Å². The summed E-state index contributed by atoms with van der Waals surface area (Å²) in [5, 5.41) is 10.1. The summed E-state index contributed by atoms with van der Waals surface area (Å²) in [4.78, 5) is 0. The normalized spacial score (nSPS) is 17.0. The number of allylic oxidation sites excluding steroid dienone is 11. The van der Waals surface area contributed by atoms with Crippen molar-refractivity contribution in [3.8, 4) is 16.8 Å². The Balaban J connectivity index is 1.26. The third-order valence-electron chi connectivity index (χ3n) is 11.4. The molecule has 2 bridgehead atoms. The van der Waals surface area contributed by atoms with Crippen LogP contribution in [0.25, 0.3) is 77.0 Å². The molecule has 52 heavy (non-hydrogen) atoms. The number of hydrogen-bond acceptors (Lipinski definition) is 0. The van der Waals surface area contributed by atoms with Gasteiger partial charge < -0.3 is 4.57 Å². The second-order valence-electron chi connectivity index (χ2n) is 14.2. The van der Waals surface area contributed by atoms with Crippen molar-refractivity contribution in [3.05, 3.63) is 204 Å². The lowest BCUT2D eigenvalue weighted by Crippen LogP contribution is -2.29. The molecule has 0 saturated carbocycles. The van der Waals surface area contributed by atoms with Gasteiger partial charge in [0.1, 0.15) is 0 Å². The molecule has 2 aliphatic carbocycles. The van der Waals surface area contributed by atoms with Crippen LogP contribution in [-0.4, -0.2) is 4.57 Å². The molecule has 0 radical (unpaired) electrons. The first kappa shape index (κ1) is 30.4. The van der Waals surface area contributed by atoms with Gasteiger partial charge in [0.15, 0.2) is 0 Å². The van der Waals surface area contributed by atoms with Crippen molar-refractivity contribution >= 4 is 60.2 Å². The van der Waals surface area contributed by atoms with Crippen LogP contribution < -0.4 is 0 Å². The van der Waals surface area contributed by atoms with Crippen LogP contribution in [-0.2, 0) is 5.41 Å². The molecule has 0 aliphatic heterocycles. The van der Waals surface area contributed by atoms with Gasteiger partial charge in [-0.3, -0.25) is 0 Å². The summed E-state index contributed by atoms with van der Waals surface area (Å²) in [5.74, 6) is 0. The van der Waals surface area contributed by atoms with E-state index in [4.69, 9.17) is 0 Å². The smallest absolute Gasteiger partial charge is 0.0626 e. The molecule has 8 aromatic rings. The van der Waals surface area contributed by atoms with Crippen LogP contribution >= 0.6 is 0 Å². The van der Waals surface area contributed by atoms with Gasteiger partial charge in [0.25, 0.3) is 0 Å². The van der Waals surface area contributed by atoms with Crippen LogP contribution in [0.5, 0.6) is 0 Å². The molecule has 0 N–H and O–H groups in total. The summed E-state index contributed by atoms with van der Waals surface area (Å²) in [6.07, 6.45) is 22.1. The Labute approximate surface area is 304 Å². The predicted molar refractivity (Wildman–Crippen MR) is 224 cm³/mol. The summed E-state index contributed by atoms with van der Waals surface area (Å²) in [6, 6.07) is 47.4. The second-order valence-corrected chi connectivity index (χ2v) is 14.2. The molecule has 1 heterocycles. The molecule has 246 valence electrons. The Bertz CT molecular complexity index is 2970. The van der Waals surface area contributed by atoms with Crippen LogP contribution in [0.1, 0.15) is 25.0 Å². The minimum atomic E-state index is -0.265. The summed E-state index contributed by atoms with van der Waals surface area (Å²) in [5.41, 5.74) is 11.0. The van der Waals surface area contributed by atoms with E-state index in [2.05, 4.69) is 207 Å². The molecule has 0 amide bonds. The summed E-state index contributed by atoms with van der Waals surface area (Å²) in [7, 11) is 0. The molecule has 0 spiro atoms. The first-order valence-electron chi connectivity index (χ1n) is 18.2. The maximum atomic E-state index is 2.52. The van der Waals surface area contributed by atoms with E-state index in [1.54, 1.807) is 0 Å². The topological polar surface area (TPSA) is 4.93 Å². The number of fused-ring (bicyclic) bond motifs is 11. The fourth-order valence-corrected chi connectivity index (χ4v) is 8.92. The van der Waals surface area contributed by atoms with Crippen molar-refractivity contribution in [2.24, 2.45) is 0 Å². The quantitative estimate of drug-likeness (QED) is 0.165. The number of rotatable bonds is 4. The van der Waals surface area contributed by atoms with E-state index in [1.165, 1.54) is 93.2 Å². The minimum Gasteiger partial charge on any atom is -0.308 e. The number of aromatic nitrogens is 1. The molecule has 1 nitrogen and oxygen atoms in total. The molecule has 2 aliphatic rings. The number of nitrogens with zero attached hydrogens (tertiary/aromatic N) is 1. The lowest BCUT2D eigenvalue weighted by Gasteiger charge is -2.37. The molecule has 0 fully saturated rings. The van der Waals surface area contributed by atoms with Gasteiger partial charge in [-0.2, -0.15) is 0 Å². The van der Waals surface area contributed by atoms with E-state index in [0.29, 0.717) is 0 Å². The first-order valence-corrected chi connectivity index (χ1v) is 18.2. The molecular formula is C51H37N. The molecule has 0 saturated heterocycles. The third-order valence-corrected chi connectivity index (χ3v) is 11.4. The number of benzene rings is 7. The maximum absolute atomic E-state index is 2.52. The van der Waals surface area contributed by atoms with Crippen LogP contribution in [0, 0.1) is 0 Å². The van der Waals surface area contributed by atoms with Crippen molar-refractivity contribution in [2.45, 2.75) is 19.3 Å². The van der Waals surface area contributed by atoms with Gasteiger partial charge in [-0.05, 0) is 93.1 Å². The third kappa shape index (κ3) is 4.42. The predicted octanol–water partition coefficient (Wildman–Crippen LogP) is 13.7. The van der Waals surface area contributed by atoms with Gasteiger partial charge in [-0.1, -0.05) is 164 Å². The highest BCUT2D eigenvalue weighted by molar-refractivity contribution is 6.32. The zero-order valence-electron chi connectivity index (χ0n) is 29.3. The van der Waals surface area contributed by atoms with Gasteiger partial charge in [-0.25, -0.2) is 0 Å². The van der Waals surface area contributed by atoms with Crippen LogP contribution in [0.3, 0.4) is 0 Å². The van der Waals surface area contributed by atoms with Gasteiger partial charge in [0.05, 0.1) is 16.7 Å². The monoisotopic (exact) mass is 663 g/mol. The highest BCUT2D eigenvalue weighted by Gasteiger charge is 2.36. The van der Waals surface area contributed by atoms with Crippen LogP contribution in [0.2, 0.25) is 0 Å². The van der Waals surface area contributed by atoms with E-state index >= 15 is 0 Å². The fourth-order valence-electron chi connectivity index (χ4n) is 8.92. The SMILES string of the molecule is C/C=C\c1cc(-c2ccc3c(c2)c2c4ccccc4c4ccccc4c2n3-c2cccc3ccccc23)ccc1C1(C)C2=CC=CC=CC1=CC=C2.